The van der Waals surface area contributed by atoms with Crippen molar-refractivity contribution in [2.24, 2.45) is 4.99 Å². The maximum atomic E-state index is 10.0. The monoisotopic (exact) mass is 426 g/mol. The van der Waals surface area contributed by atoms with Crippen LogP contribution >= 0.6 is 11.6 Å². The molecule has 6 nitrogen and oxygen atoms in total. The smallest absolute Gasteiger partial charge is 0.166 e. The Bertz CT molecular complexity index is 994. The molecule has 0 aliphatic heterocycles. The number of aromatic nitrogens is 1. The average Bonchev–Trinajstić information content (AvgIpc) is 2.75. The molecule has 1 aromatic heterocycles. The predicted octanol–water partition coefficient (Wildman–Crippen LogP) is 4.50. The molecule has 1 heterocycles. The second-order valence-electron chi connectivity index (χ2n) is 6.84. The first kappa shape index (κ1) is 21.9. The Morgan fingerprint density at radius 2 is 2.00 bits per heavy atom. The summed E-state index contributed by atoms with van der Waals surface area (Å²) < 4.78 is 5.10. The zero-order valence-electron chi connectivity index (χ0n) is 17.1. The van der Waals surface area contributed by atoms with Crippen molar-refractivity contribution in [1.82, 2.24) is 10.3 Å². The van der Waals surface area contributed by atoms with Gasteiger partial charge in [-0.25, -0.2) is 0 Å². The van der Waals surface area contributed by atoms with Gasteiger partial charge in [0, 0.05) is 47.2 Å². The number of ether oxygens (including phenoxy) is 1. The second-order valence-corrected chi connectivity index (χ2v) is 7.27. The van der Waals surface area contributed by atoms with Gasteiger partial charge in [-0.1, -0.05) is 17.7 Å². The molecule has 0 bridgehead atoms. The largest absolute Gasteiger partial charge is 0.504 e. The molecule has 0 spiro atoms. The maximum absolute atomic E-state index is 10.0. The molecule has 0 fully saturated rings. The lowest BCUT2D eigenvalue weighted by Gasteiger charge is -2.10. The van der Waals surface area contributed by atoms with Crippen LogP contribution in [-0.2, 0) is 0 Å². The van der Waals surface area contributed by atoms with Crippen LogP contribution in [0.2, 0.25) is 5.02 Å². The molecule has 7 heteroatoms. The molecule has 0 amide bonds. The summed E-state index contributed by atoms with van der Waals surface area (Å²) in [6.07, 6.45) is 5.43. The summed E-state index contributed by atoms with van der Waals surface area (Å²) in [6, 6.07) is 13.1. The van der Waals surface area contributed by atoms with Gasteiger partial charge >= 0.3 is 0 Å². The molecule has 3 N–H and O–H groups in total. The van der Waals surface area contributed by atoms with E-state index >= 15 is 0 Å². The number of benzene rings is 2. The van der Waals surface area contributed by atoms with Gasteiger partial charge in [-0.15, -0.1) is 0 Å². The normalized spacial score (nSPS) is 11.3. The third kappa shape index (κ3) is 6.08. The van der Waals surface area contributed by atoms with Gasteiger partial charge in [0.2, 0.25) is 0 Å². The fourth-order valence-corrected chi connectivity index (χ4v) is 3.27. The number of phenols is 1. The topological polar surface area (TPSA) is 78.8 Å². The van der Waals surface area contributed by atoms with Crippen molar-refractivity contribution in [2.75, 3.05) is 38.6 Å². The van der Waals surface area contributed by atoms with Gasteiger partial charge in [0.05, 0.1) is 12.6 Å². The van der Waals surface area contributed by atoms with E-state index in [4.69, 9.17) is 16.3 Å². The maximum Gasteiger partial charge on any atom is 0.166 e. The molecule has 158 valence electrons. The number of nitrogens with zero attached hydrogens (tertiary/aromatic N) is 2. The van der Waals surface area contributed by atoms with Gasteiger partial charge in [0.15, 0.2) is 11.5 Å². The summed E-state index contributed by atoms with van der Waals surface area (Å²) in [5, 5.41) is 18.7. The summed E-state index contributed by atoms with van der Waals surface area (Å²) in [4.78, 5) is 8.74. The van der Waals surface area contributed by atoms with Gasteiger partial charge < -0.3 is 20.5 Å². The van der Waals surface area contributed by atoms with Crippen molar-refractivity contribution in [2.45, 2.75) is 12.8 Å². The number of pyridine rings is 1. The van der Waals surface area contributed by atoms with Crippen molar-refractivity contribution < 1.29 is 9.84 Å². The van der Waals surface area contributed by atoms with Crippen LogP contribution in [0.4, 0.5) is 5.69 Å². The number of para-hydroxylation sites is 1. The van der Waals surface area contributed by atoms with Gasteiger partial charge in [-0.05, 0) is 62.3 Å². The second kappa shape index (κ2) is 11.4. The molecule has 0 unspecified atom stereocenters. The van der Waals surface area contributed by atoms with Crippen LogP contribution in [0.3, 0.4) is 0 Å². The van der Waals surface area contributed by atoms with Crippen LogP contribution in [0.1, 0.15) is 18.4 Å². The molecule has 0 radical (unpaired) electrons. The van der Waals surface area contributed by atoms with E-state index in [0.717, 1.165) is 49.1 Å². The van der Waals surface area contributed by atoms with Crippen LogP contribution in [0.5, 0.6) is 11.5 Å². The predicted molar refractivity (Wildman–Crippen MR) is 124 cm³/mol. The first-order valence-corrected chi connectivity index (χ1v) is 10.4. The Morgan fingerprint density at radius 3 is 2.87 bits per heavy atom. The standard InChI is InChI=1S/C23H27ClN4O2/c1-30-22-6-2-5-17(23(22)29)16-26-12-3-10-25-11-4-13-27-20-9-14-28-21-15-18(24)7-8-19(20)21/h2,5-9,14-16,25,29H,3-4,10-13H2,1H3,(H,27,28). The van der Waals surface area contributed by atoms with E-state index in [1.54, 1.807) is 18.5 Å². The van der Waals surface area contributed by atoms with Crippen molar-refractivity contribution in [1.29, 1.82) is 0 Å². The highest BCUT2D eigenvalue weighted by molar-refractivity contribution is 6.31. The van der Waals surface area contributed by atoms with Crippen LogP contribution < -0.4 is 15.4 Å². The first-order chi connectivity index (χ1) is 14.7. The lowest BCUT2D eigenvalue weighted by atomic mass is 10.2. The molecule has 0 aliphatic rings. The van der Waals surface area contributed by atoms with Crippen LogP contribution in [0, 0.1) is 0 Å². The SMILES string of the molecule is COc1cccc(C=NCCCNCCCNc2ccnc3cc(Cl)ccc23)c1O. The summed E-state index contributed by atoms with van der Waals surface area (Å²) in [5.74, 6) is 0.581. The fraction of sp³-hybridized carbons (Fsp3) is 0.304. The number of phenolic OH excluding ortho intramolecular Hbond substituents is 1. The Morgan fingerprint density at radius 1 is 1.13 bits per heavy atom. The number of methoxy groups -OCH3 is 1. The van der Waals surface area contributed by atoms with Gasteiger partial charge in [-0.2, -0.15) is 0 Å². The number of hydrogen-bond donors (Lipinski definition) is 3. The van der Waals surface area contributed by atoms with Crippen molar-refractivity contribution in [3.05, 3.63) is 59.2 Å². The zero-order valence-corrected chi connectivity index (χ0v) is 17.8. The number of nitrogens with one attached hydrogen (secondary N) is 2. The van der Waals surface area contributed by atoms with Crippen LogP contribution in [-0.4, -0.2) is 49.6 Å². The average molecular weight is 427 g/mol. The lowest BCUT2D eigenvalue weighted by molar-refractivity contribution is 0.373. The minimum absolute atomic E-state index is 0.124. The number of fused-ring (bicyclic) bond motifs is 1. The minimum Gasteiger partial charge on any atom is -0.504 e. The Balaban J connectivity index is 1.30. The number of anilines is 1. The molecule has 0 aliphatic carbocycles. The number of hydrogen-bond acceptors (Lipinski definition) is 6. The van der Waals surface area contributed by atoms with E-state index in [-0.39, 0.29) is 5.75 Å². The Labute approximate surface area is 182 Å². The highest BCUT2D eigenvalue weighted by Gasteiger charge is 2.04. The third-order valence-corrected chi connectivity index (χ3v) is 4.91. The quantitative estimate of drug-likeness (QED) is 0.310. The Kier molecular flexibility index (Phi) is 8.30. The first-order valence-electron chi connectivity index (χ1n) is 10.0. The molecule has 30 heavy (non-hydrogen) atoms. The minimum atomic E-state index is 0.124. The molecule has 0 saturated carbocycles. The van der Waals surface area contributed by atoms with Gasteiger partial charge in [0.1, 0.15) is 0 Å². The molecule has 0 saturated heterocycles. The molecular formula is C23H27ClN4O2. The molecular weight excluding hydrogens is 400 g/mol. The van der Waals surface area contributed by atoms with E-state index in [1.807, 2.05) is 36.4 Å². The highest BCUT2D eigenvalue weighted by atomic mass is 35.5. The third-order valence-electron chi connectivity index (χ3n) is 4.67. The molecule has 3 rings (SSSR count). The van der Waals surface area contributed by atoms with Gasteiger partial charge in [0.25, 0.3) is 0 Å². The number of aliphatic imine (C=N–C) groups is 1. The van der Waals surface area contributed by atoms with Crippen LogP contribution in [0.15, 0.2) is 53.7 Å². The van der Waals surface area contributed by atoms with E-state index in [0.29, 0.717) is 22.9 Å². The van der Waals surface area contributed by atoms with Crippen molar-refractivity contribution >= 4 is 34.4 Å². The van der Waals surface area contributed by atoms with E-state index in [1.165, 1.54) is 7.11 Å². The molecule has 3 aromatic rings. The van der Waals surface area contributed by atoms with E-state index < -0.39 is 0 Å². The van der Waals surface area contributed by atoms with E-state index in [2.05, 4.69) is 20.6 Å². The summed E-state index contributed by atoms with van der Waals surface area (Å²) in [7, 11) is 1.53. The summed E-state index contributed by atoms with van der Waals surface area (Å²) in [5.41, 5.74) is 2.64. The zero-order chi connectivity index (χ0) is 21.2. The fourth-order valence-electron chi connectivity index (χ4n) is 3.10. The van der Waals surface area contributed by atoms with Crippen molar-refractivity contribution in [3.63, 3.8) is 0 Å². The van der Waals surface area contributed by atoms with Crippen molar-refractivity contribution in [3.8, 4) is 11.5 Å². The van der Waals surface area contributed by atoms with Gasteiger partial charge in [-0.3, -0.25) is 9.98 Å². The molecule has 0 atom stereocenters. The molecule has 2 aromatic carbocycles. The summed E-state index contributed by atoms with van der Waals surface area (Å²) in [6.45, 7) is 3.41. The summed E-state index contributed by atoms with van der Waals surface area (Å²) >= 11 is 6.03. The highest BCUT2D eigenvalue weighted by Crippen LogP contribution is 2.28. The lowest BCUT2D eigenvalue weighted by Crippen LogP contribution is -2.19. The number of halogens is 1. The van der Waals surface area contributed by atoms with E-state index in [9.17, 15) is 5.11 Å². The Hall–Kier alpha value is -2.83. The number of aromatic hydroxyl groups is 1. The number of rotatable bonds is 11. The van der Waals surface area contributed by atoms with Crippen LogP contribution in [0.25, 0.3) is 10.9 Å².